The van der Waals surface area contributed by atoms with Crippen molar-refractivity contribution in [2.45, 2.75) is 18.7 Å². The molecule has 1 amide bonds. The molecule has 0 aliphatic carbocycles. The van der Waals surface area contributed by atoms with E-state index in [2.05, 4.69) is 15.8 Å². The lowest BCUT2D eigenvalue weighted by Crippen LogP contribution is -2.11. The van der Waals surface area contributed by atoms with E-state index in [1.807, 2.05) is 38.1 Å². The summed E-state index contributed by atoms with van der Waals surface area (Å²) in [5.41, 5.74) is 7.31. The van der Waals surface area contributed by atoms with Gasteiger partial charge in [-0.2, -0.15) is 13.5 Å². The Kier molecular flexibility index (Phi) is 6.29. The van der Waals surface area contributed by atoms with Crippen molar-refractivity contribution in [2.24, 2.45) is 5.10 Å². The highest BCUT2D eigenvalue weighted by Crippen LogP contribution is 2.15. The first kappa shape index (κ1) is 21.2. The van der Waals surface area contributed by atoms with E-state index in [0.29, 0.717) is 22.6 Å². The summed E-state index contributed by atoms with van der Waals surface area (Å²) in [5.74, 6) is -0.178. The third-order valence-electron chi connectivity index (χ3n) is 4.38. The van der Waals surface area contributed by atoms with Crippen LogP contribution >= 0.6 is 0 Å². The molecule has 0 saturated carbocycles. The second-order valence-corrected chi connectivity index (χ2v) is 8.13. The summed E-state index contributed by atoms with van der Waals surface area (Å²) in [7, 11) is -4.22. The minimum Gasteiger partial charge on any atom is -0.322 e. The highest BCUT2D eigenvalue weighted by Gasteiger charge is 2.08. The zero-order chi connectivity index (χ0) is 21.7. The maximum Gasteiger partial charge on any atom is 0.294 e. The lowest BCUT2D eigenvalue weighted by molar-refractivity contribution is 0.102. The second kappa shape index (κ2) is 8.89. The monoisotopic (exact) mass is 423 g/mol. The average Bonchev–Trinajstić information content (AvgIpc) is 2.72. The molecule has 0 atom stereocenters. The van der Waals surface area contributed by atoms with Crippen LogP contribution in [0.1, 0.15) is 28.4 Å². The fraction of sp³-hybridized carbons (Fsp3) is 0.0909. The number of rotatable bonds is 6. The van der Waals surface area contributed by atoms with Gasteiger partial charge in [-0.1, -0.05) is 29.8 Å². The number of amides is 1. The summed E-state index contributed by atoms with van der Waals surface area (Å²) in [6.07, 6.45) is 0. The van der Waals surface area contributed by atoms with Crippen molar-refractivity contribution >= 4 is 33.1 Å². The molecule has 0 unspecified atom stereocenters. The van der Waals surface area contributed by atoms with E-state index in [1.54, 1.807) is 24.3 Å². The Morgan fingerprint density at radius 1 is 0.833 bits per heavy atom. The molecule has 8 heteroatoms. The molecule has 7 nitrogen and oxygen atoms in total. The number of hydrazone groups is 1. The lowest BCUT2D eigenvalue weighted by atomic mass is 10.1. The fourth-order valence-corrected chi connectivity index (χ4v) is 3.10. The van der Waals surface area contributed by atoms with Crippen molar-refractivity contribution in [3.8, 4) is 0 Å². The first-order chi connectivity index (χ1) is 14.2. The van der Waals surface area contributed by atoms with E-state index in [9.17, 15) is 13.2 Å². The Labute approximate surface area is 175 Å². The molecule has 30 heavy (non-hydrogen) atoms. The van der Waals surface area contributed by atoms with Crippen molar-refractivity contribution < 1.29 is 17.8 Å². The van der Waals surface area contributed by atoms with E-state index in [-0.39, 0.29) is 10.8 Å². The van der Waals surface area contributed by atoms with Crippen LogP contribution in [0, 0.1) is 6.92 Å². The van der Waals surface area contributed by atoms with Crippen LogP contribution in [-0.4, -0.2) is 24.6 Å². The quantitative estimate of drug-likeness (QED) is 0.311. The van der Waals surface area contributed by atoms with Crippen molar-refractivity contribution in [2.75, 3.05) is 10.7 Å². The molecule has 0 radical (unpaired) electrons. The summed E-state index contributed by atoms with van der Waals surface area (Å²) in [6, 6.07) is 20.2. The van der Waals surface area contributed by atoms with Gasteiger partial charge in [0.15, 0.2) is 0 Å². The number of hydrogen-bond acceptors (Lipinski definition) is 5. The molecule has 3 aromatic rings. The summed E-state index contributed by atoms with van der Waals surface area (Å²) < 4.78 is 31.1. The molecule has 0 fully saturated rings. The van der Waals surface area contributed by atoms with Crippen molar-refractivity contribution in [1.29, 1.82) is 0 Å². The van der Waals surface area contributed by atoms with Gasteiger partial charge in [-0.15, -0.1) is 0 Å². The molecule has 0 aromatic heterocycles. The molecule has 0 heterocycles. The number of carbonyl (C=O) groups excluding carboxylic acids is 1. The van der Waals surface area contributed by atoms with E-state index in [0.717, 1.165) is 11.1 Å². The van der Waals surface area contributed by atoms with Crippen molar-refractivity contribution in [3.63, 3.8) is 0 Å². The minimum atomic E-state index is -4.22. The smallest absolute Gasteiger partial charge is 0.294 e. The number of carbonyl (C=O) groups is 1. The molecule has 3 rings (SSSR count). The molecule has 154 valence electrons. The molecule has 0 saturated heterocycles. The number of hydrogen-bond donors (Lipinski definition) is 3. The van der Waals surface area contributed by atoms with Crippen LogP contribution in [0.5, 0.6) is 0 Å². The number of nitrogens with zero attached hydrogens (tertiary/aromatic N) is 1. The zero-order valence-electron chi connectivity index (χ0n) is 16.5. The first-order valence-corrected chi connectivity index (χ1v) is 10.5. The van der Waals surface area contributed by atoms with Gasteiger partial charge >= 0.3 is 0 Å². The molecular weight excluding hydrogens is 402 g/mol. The highest BCUT2D eigenvalue weighted by molar-refractivity contribution is 7.85. The molecule has 3 N–H and O–H groups in total. The van der Waals surface area contributed by atoms with Crippen LogP contribution in [0.3, 0.4) is 0 Å². The third kappa shape index (κ3) is 5.53. The Hall–Kier alpha value is -3.49. The summed E-state index contributed by atoms with van der Waals surface area (Å²) >= 11 is 0. The second-order valence-electron chi connectivity index (χ2n) is 6.71. The maximum atomic E-state index is 12.3. The number of anilines is 2. The van der Waals surface area contributed by atoms with Gasteiger partial charge in [0.05, 0.1) is 16.3 Å². The van der Waals surface area contributed by atoms with Crippen LogP contribution in [0.4, 0.5) is 11.4 Å². The van der Waals surface area contributed by atoms with E-state index in [1.165, 1.54) is 24.3 Å². The van der Waals surface area contributed by atoms with Crippen LogP contribution in [-0.2, 0) is 10.1 Å². The van der Waals surface area contributed by atoms with Gasteiger partial charge in [0.25, 0.3) is 16.0 Å². The first-order valence-electron chi connectivity index (χ1n) is 9.09. The largest absolute Gasteiger partial charge is 0.322 e. The number of nitrogens with one attached hydrogen (secondary N) is 2. The van der Waals surface area contributed by atoms with Gasteiger partial charge in [-0.05, 0) is 67.9 Å². The number of benzene rings is 3. The van der Waals surface area contributed by atoms with Gasteiger partial charge < -0.3 is 5.32 Å². The highest BCUT2D eigenvalue weighted by atomic mass is 32.2. The normalized spacial score (nSPS) is 11.8. The topological polar surface area (TPSA) is 108 Å². The summed E-state index contributed by atoms with van der Waals surface area (Å²) in [6.45, 7) is 3.78. The molecule has 0 aliphatic heterocycles. The molecular formula is C22H21N3O4S. The summed E-state index contributed by atoms with van der Waals surface area (Å²) in [5, 5.41) is 7.13. The third-order valence-corrected chi connectivity index (χ3v) is 5.25. The standard InChI is InChI=1S/C22H21N3O4S/c1-15-3-5-18(6-4-15)22(26)23-19-9-7-17(8-10-19)16(2)24-25-20-11-13-21(14-12-20)30(27,28)29/h3-14,25H,1-2H3,(H,23,26)(H,27,28,29). The van der Waals surface area contributed by atoms with Crippen LogP contribution < -0.4 is 10.7 Å². The van der Waals surface area contributed by atoms with Gasteiger partial charge in [-0.3, -0.25) is 14.8 Å². The lowest BCUT2D eigenvalue weighted by Gasteiger charge is -2.08. The molecule has 0 spiro atoms. The van der Waals surface area contributed by atoms with Crippen LogP contribution in [0.25, 0.3) is 0 Å². The fourth-order valence-electron chi connectivity index (χ4n) is 2.62. The SMILES string of the molecule is CC(=NNc1ccc(S(=O)(=O)O)cc1)c1ccc(NC(=O)c2ccc(C)cc2)cc1. The van der Waals surface area contributed by atoms with Crippen molar-refractivity contribution in [3.05, 3.63) is 89.5 Å². The molecule has 0 aliphatic rings. The minimum absolute atomic E-state index is 0.178. The Balaban J connectivity index is 1.63. The van der Waals surface area contributed by atoms with Gasteiger partial charge in [0, 0.05) is 11.3 Å². The van der Waals surface area contributed by atoms with Crippen molar-refractivity contribution in [1.82, 2.24) is 0 Å². The van der Waals surface area contributed by atoms with E-state index >= 15 is 0 Å². The average molecular weight is 423 g/mol. The maximum absolute atomic E-state index is 12.3. The predicted octanol–water partition coefficient (Wildman–Crippen LogP) is 4.33. The zero-order valence-corrected chi connectivity index (χ0v) is 17.3. The predicted molar refractivity (Wildman–Crippen MR) is 118 cm³/mol. The van der Waals surface area contributed by atoms with Gasteiger partial charge in [0.2, 0.25) is 0 Å². The van der Waals surface area contributed by atoms with Gasteiger partial charge in [0.1, 0.15) is 0 Å². The molecule has 3 aromatic carbocycles. The van der Waals surface area contributed by atoms with Crippen LogP contribution in [0.15, 0.2) is 82.8 Å². The Morgan fingerprint density at radius 3 is 1.93 bits per heavy atom. The Bertz CT molecular complexity index is 1170. The number of aryl methyl sites for hydroxylation is 1. The van der Waals surface area contributed by atoms with E-state index in [4.69, 9.17) is 4.55 Å². The van der Waals surface area contributed by atoms with E-state index < -0.39 is 10.1 Å². The van der Waals surface area contributed by atoms with Gasteiger partial charge in [-0.25, -0.2) is 0 Å². The molecule has 0 bridgehead atoms. The van der Waals surface area contributed by atoms with Crippen LogP contribution in [0.2, 0.25) is 0 Å². The summed E-state index contributed by atoms with van der Waals surface area (Å²) in [4.78, 5) is 12.1. The Morgan fingerprint density at radius 2 is 1.37 bits per heavy atom.